The molecule has 3 aromatic carbocycles. The summed E-state index contributed by atoms with van der Waals surface area (Å²) in [5.74, 6) is -0.109. The minimum absolute atomic E-state index is 0.358. The average Bonchev–Trinajstić information content (AvgIpc) is 2.93. The van der Waals surface area contributed by atoms with Crippen molar-refractivity contribution in [1.82, 2.24) is 0 Å². The van der Waals surface area contributed by atoms with Gasteiger partial charge in [0.2, 0.25) is 0 Å². The molecule has 0 N–H and O–H groups in total. The summed E-state index contributed by atoms with van der Waals surface area (Å²) in [5, 5.41) is -0.814. The molecule has 0 aliphatic rings. The van der Waals surface area contributed by atoms with Crippen molar-refractivity contribution in [3.63, 3.8) is 0 Å². The van der Waals surface area contributed by atoms with E-state index in [1.54, 1.807) is 66.7 Å². The van der Waals surface area contributed by atoms with Crippen molar-refractivity contribution >= 4 is 45.6 Å². The van der Waals surface area contributed by atoms with Gasteiger partial charge in [0.1, 0.15) is 11.5 Å². The normalized spacial score (nSPS) is 8.16. The summed E-state index contributed by atoms with van der Waals surface area (Å²) < 4.78 is 9.61. The number of carbonyl (C=O) groups excluding carboxylic acids is 4. The maximum atomic E-state index is 10.6. The molecule has 3 aromatic rings. The fraction of sp³-hybridized carbons (Fsp3) is 0.267. The Hall–Kier alpha value is -3.48. The number of esters is 2. The Balaban J connectivity index is -0.000000451. The van der Waals surface area contributed by atoms with E-state index in [9.17, 15) is 19.2 Å². The molecule has 0 spiro atoms. The van der Waals surface area contributed by atoms with Gasteiger partial charge in [-0.3, -0.25) is 19.2 Å². The summed E-state index contributed by atoms with van der Waals surface area (Å²) in [4.78, 5) is 42.1. The van der Waals surface area contributed by atoms with Crippen molar-refractivity contribution in [2.45, 2.75) is 55.4 Å². The predicted octanol–water partition coefficient (Wildman–Crippen LogP) is 8.75. The molecule has 38 heavy (non-hydrogen) atoms. The van der Waals surface area contributed by atoms with Crippen LogP contribution in [0.15, 0.2) is 84.9 Å². The van der Waals surface area contributed by atoms with Crippen LogP contribution < -0.4 is 9.47 Å². The maximum absolute atomic E-state index is 10.6. The van der Waals surface area contributed by atoms with Crippen LogP contribution in [0.4, 0.5) is 0 Å². The maximum Gasteiger partial charge on any atom is 0.308 e. The Kier molecular flexibility index (Phi) is 27.3. The first-order chi connectivity index (χ1) is 18.2. The van der Waals surface area contributed by atoms with Gasteiger partial charge in [-0.2, -0.15) is 0 Å². The molecule has 0 atom stereocenters. The fourth-order valence-electron chi connectivity index (χ4n) is 2.07. The minimum atomic E-state index is -0.412. The Morgan fingerprint density at radius 1 is 0.500 bits per heavy atom. The van der Waals surface area contributed by atoms with Gasteiger partial charge < -0.3 is 9.47 Å². The van der Waals surface area contributed by atoms with Crippen LogP contribution in [0.1, 0.15) is 76.1 Å². The highest BCUT2D eigenvalue weighted by Gasteiger charge is 2.02. The van der Waals surface area contributed by atoms with E-state index in [1.165, 1.54) is 19.9 Å². The van der Waals surface area contributed by atoms with Gasteiger partial charge in [-0.25, -0.2) is 0 Å². The lowest BCUT2D eigenvalue weighted by Gasteiger charge is -2.03. The molecule has 208 valence electrons. The largest absolute Gasteiger partial charge is 0.427 e. The molecular weight excluding hydrogens is 527 g/mol. The van der Waals surface area contributed by atoms with Gasteiger partial charge in [0.05, 0.1) is 0 Å². The molecule has 0 saturated carbocycles. The summed E-state index contributed by atoms with van der Waals surface area (Å²) in [7, 11) is 0. The second-order valence-corrected chi connectivity index (χ2v) is 6.63. The lowest BCUT2D eigenvalue weighted by Crippen LogP contribution is -2.03. The Morgan fingerprint density at radius 3 is 1.00 bits per heavy atom. The van der Waals surface area contributed by atoms with Crippen molar-refractivity contribution < 1.29 is 28.7 Å². The van der Waals surface area contributed by atoms with Crippen LogP contribution in [0.3, 0.4) is 0 Å². The number of hydrogen-bond donors (Lipinski definition) is 0. The van der Waals surface area contributed by atoms with E-state index in [2.05, 4.69) is 0 Å². The van der Waals surface area contributed by atoms with Crippen molar-refractivity contribution in [2.24, 2.45) is 0 Å². The minimum Gasteiger partial charge on any atom is -0.427 e. The van der Waals surface area contributed by atoms with Crippen molar-refractivity contribution in [3.05, 3.63) is 96.1 Å². The zero-order valence-corrected chi connectivity index (χ0v) is 24.8. The first-order valence-corrected chi connectivity index (χ1v) is 12.9. The number of carbonyl (C=O) groups is 4. The standard InChI is InChI=1S/C10H10O4.2C7H5ClO.3C2H6/c1-7(11)13-9-4-3-5-10(6-9)14-8(2)12;2*8-7(9)6-4-2-1-3-5-6;3*1-2/h3-6H,1-2H3;2*1-5H;3*1-2H3. The fourth-order valence-corrected chi connectivity index (χ4v) is 2.32. The van der Waals surface area contributed by atoms with Crippen LogP contribution in [0.25, 0.3) is 0 Å². The third-order valence-electron chi connectivity index (χ3n) is 3.33. The smallest absolute Gasteiger partial charge is 0.308 e. The summed E-state index contributed by atoms with van der Waals surface area (Å²) >= 11 is 10.3. The third-order valence-corrected chi connectivity index (χ3v) is 3.77. The summed E-state index contributed by atoms with van der Waals surface area (Å²) in [5.41, 5.74) is 1.08. The van der Waals surface area contributed by atoms with Crippen molar-refractivity contribution in [2.75, 3.05) is 0 Å². The first kappa shape index (κ1) is 39.0. The van der Waals surface area contributed by atoms with Crippen LogP contribution in [0.2, 0.25) is 0 Å². The number of rotatable bonds is 4. The predicted molar refractivity (Wildman–Crippen MR) is 156 cm³/mol. The van der Waals surface area contributed by atoms with Gasteiger partial charge in [-0.05, 0) is 35.3 Å². The van der Waals surface area contributed by atoms with Crippen LogP contribution >= 0.6 is 23.2 Å². The molecule has 0 fully saturated rings. The highest BCUT2D eigenvalue weighted by atomic mass is 35.5. The number of hydrogen-bond acceptors (Lipinski definition) is 6. The van der Waals surface area contributed by atoms with Gasteiger partial charge in [0, 0.05) is 31.0 Å². The van der Waals surface area contributed by atoms with Gasteiger partial charge in [-0.1, -0.05) is 108 Å². The van der Waals surface area contributed by atoms with Crippen molar-refractivity contribution in [3.8, 4) is 11.5 Å². The van der Waals surface area contributed by atoms with Crippen LogP contribution in [-0.4, -0.2) is 22.4 Å². The lowest BCUT2D eigenvalue weighted by atomic mass is 10.2. The zero-order chi connectivity index (χ0) is 29.9. The van der Waals surface area contributed by atoms with Crippen molar-refractivity contribution in [1.29, 1.82) is 0 Å². The number of benzene rings is 3. The van der Waals surface area contributed by atoms with Crippen LogP contribution in [0, 0.1) is 0 Å². The van der Waals surface area contributed by atoms with Gasteiger partial charge in [0.25, 0.3) is 10.5 Å². The summed E-state index contributed by atoms with van der Waals surface area (Å²) in [6.45, 7) is 14.6. The van der Waals surface area contributed by atoms with E-state index in [0.29, 0.717) is 22.6 Å². The van der Waals surface area contributed by atoms with Crippen LogP contribution in [-0.2, 0) is 9.59 Å². The molecule has 0 saturated heterocycles. The molecule has 6 nitrogen and oxygen atoms in total. The molecule has 0 aromatic heterocycles. The molecule has 0 radical (unpaired) electrons. The molecule has 0 heterocycles. The zero-order valence-electron chi connectivity index (χ0n) is 23.3. The van der Waals surface area contributed by atoms with Gasteiger partial charge in [0.15, 0.2) is 0 Å². The third kappa shape index (κ3) is 21.8. The van der Waals surface area contributed by atoms with E-state index in [-0.39, 0.29) is 0 Å². The van der Waals surface area contributed by atoms with Crippen LogP contribution in [0.5, 0.6) is 11.5 Å². The Bertz CT molecular complexity index is 958. The number of halogens is 2. The summed E-state index contributed by atoms with van der Waals surface area (Å²) in [6, 6.07) is 23.8. The number of ether oxygens (including phenoxy) is 2. The Labute approximate surface area is 236 Å². The average molecular weight is 566 g/mol. The molecule has 0 amide bonds. The molecule has 0 aliphatic heterocycles. The monoisotopic (exact) mass is 564 g/mol. The van der Waals surface area contributed by atoms with E-state index >= 15 is 0 Å². The molecule has 0 bridgehead atoms. The molecule has 3 rings (SSSR count). The first-order valence-electron chi connectivity index (χ1n) is 12.2. The molecule has 0 aliphatic carbocycles. The second-order valence-electron chi connectivity index (χ2n) is 5.94. The molecular formula is C30H38Cl2O6. The van der Waals surface area contributed by atoms with E-state index in [4.69, 9.17) is 32.7 Å². The quantitative estimate of drug-likeness (QED) is 0.179. The second kappa shape index (κ2) is 26.6. The SMILES string of the molecule is CC.CC.CC.CC(=O)Oc1cccc(OC(C)=O)c1.O=C(Cl)c1ccccc1.O=C(Cl)c1ccccc1. The van der Waals surface area contributed by atoms with E-state index in [0.717, 1.165) is 0 Å². The van der Waals surface area contributed by atoms with E-state index < -0.39 is 22.4 Å². The van der Waals surface area contributed by atoms with E-state index in [1.807, 2.05) is 53.7 Å². The highest BCUT2D eigenvalue weighted by Crippen LogP contribution is 2.19. The van der Waals surface area contributed by atoms with Gasteiger partial charge in [-0.15, -0.1) is 0 Å². The highest BCUT2D eigenvalue weighted by molar-refractivity contribution is 6.68. The van der Waals surface area contributed by atoms with Gasteiger partial charge >= 0.3 is 11.9 Å². The lowest BCUT2D eigenvalue weighted by molar-refractivity contribution is -0.132. The Morgan fingerprint density at radius 2 is 0.789 bits per heavy atom. The molecule has 8 heteroatoms. The summed E-state index contributed by atoms with van der Waals surface area (Å²) in [6.07, 6.45) is 0. The topological polar surface area (TPSA) is 86.7 Å². The molecule has 0 unspecified atom stereocenters.